The summed E-state index contributed by atoms with van der Waals surface area (Å²) in [6.45, 7) is 5.99. The molecule has 1 aliphatic carbocycles. The van der Waals surface area contributed by atoms with E-state index in [1.165, 1.54) is 37.7 Å². The highest BCUT2D eigenvalue weighted by Crippen LogP contribution is 2.37. The zero-order chi connectivity index (χ0) is 23.0. The number of fused-ring (bicyclic) bond motifs is 1. The van der Waals surface area contributed by atoms with Gasteiger partial charge in [0.2, 0.25) is 0 Å². The number of unbranched alkanes of at least 4 members (excludes halogenated alkanes) is 1. The maximum absolute atomic E-state index is 14.8. The molecule has 1 fully saturated rings. The van der Waals surface area contributed by atoms with Crippen LogP contribution in [0.1, 0.15) is 86.5 Å². The lowest BCUT2D eigenvalue weighted by Crippen LogP contribution is -2.13. The van der Waals surface area contributed by atoms with Crippen LogP contribution in [0.4, 0.5) is 4.39 Å². The molecule has 0 aliphatic heterocycles. The molecule has 1 heteroatoms. The molecule has 0 aromatic heterocycles. The predicted octanol–water partition coefficient (Wildman–Crippen LogP) is 8.96. The highest BCUT2D eigenvalue weighted by atomic mass is 19.1. The third-order valence-electron chi connectivity index (χ3n) is 7.19. The molecule has 0 heterocycles. The molecule has 0 spiro atoms. The molecular formula is C32H35F. The minimum Gasteiger partial charge on any atom is -0.206 e. The highest BCUT2D eigenvalue weighted by Gasteiger charge is 2.21. The number of benzene rings is 3. The van der Waals surface area contributed by atoms with Gasteiger partial charge in [-0.15, -0.1) is 6.58 Å². The number of allylic oxidation sites excluding steroid dienone is 1. The lowest BCUT2D eigenvalue weighted by Gasteiger charge is -2.28. The van der Waals surface area contributed by atoms with E-state index in [0.717, 1.165) is 53.7 Å². The van der Waals surface area contributed by atoms with E-state index < -0.39 is 0 Å². The Labute approximate surface area is 198 Å². The summed E-state index contributed by atoms with van der Waals surface area (Å²) in [6.07, 6.45) is 12.6. The fourth-order valence-electron chi connectivity index (χ4n) is 5.10. The summed E-state index contributed by atoms with van der Waals surface area (Å²) >= 11 is 0. The van der Waals surface area contributed by atoms with Crippen molar-refractivity contribution >= 4 is 10.8 Å². The van der Waals surface area contributed by atoms with E-state index in [4.69, 9.17) is 0 Å². The lowest BCUT2D eigenvalue weighted by molar-refractivity contribution is 0.312. The molecule has 0 N–H and O–H groups in total. The zero-order valence-corrected chi connectivity index (χ0v) is 19.9. The van der Waals surface area contributed by atoms with Crippen molar-refractivity contribution in [3.05, 3.63) is 95.3 Å². The van der Waals surface area contributed by atoms with Crippen molar-refractivity contribution in [3.8, 4) is 11.8 Å². The summed E-state index contributed by atoms with van der Waals surface area (Å²) in [5.41, 5.74) is 4.21. The Morgan fingerprint density at radius 3 is 2.39 bits per heavy atom. The SMILES string of the molecule is C=CCCC1CCC(c2ccc(C#Cc3ccc4c(F)c(CCCC)ccc4c3)cc2)CC1. The van der Waals surface area contributed by atoms with Gasteiger partial charge in [0.25, 0.3) is 0 Å². The van der Waals surface area contributed by atoms with Crippen LogP contribution in [0.5, 0.6) is 0 Å². The van der Waals surface area contributed by atoms with Gasteiger partial charge in [-0.2, -0.15) is 0 Å². The Morgan fingerprint density at radius 1 is 0.939 bits per heavy atom. The fraction of sp³-hybridized carbons (Fsp3) is 0.375. The van der Waals surface area contributed by atoms with Gasteiger partial charge in [-0.25, -0.2) is 4.39 Å². The second kappa shape index (κ2) is 11.3. The van der Waals surface area contributed by atoms with Crippen molar-refractivity contribution < 1.29 is 4.39 Å². The first-order chi connectivity index (χ1) is 16.2. The Balaban J connectivity index is 1.41. The number of halogens is 1. The van der Waals surface area contributed by atoms with Crippen LogP contribution in [-0.4, -0.2) is 0 Å². The monoisotopic (exact) mass is 438 g/mol. The molecule has 0 saturated heterocycles. The molecule has 0 radical (unpaired) electrons. The van der Waals surface area contributed by atoms with E-state index >= 15 is 0 Å². The molecule has 3 aromatic rings. The van der Waals surface area contributed by atoms with E-state index in [1.807, 2.05) is 36.4 Å². The molecule has 0 amide bonds. The maximum Gasteiger partial charge on any atom is 0.134 e. The van der Waals surface area contributed by atoms with Crippen LogP contribution in [0.25, 0.3) is 10.8 Å². The summed E-state index contributed by atoms with van der Waals surface area (Å²) < 4.78 is 14.8. The van der Waals surface area contributed by atoms with Gasteiger partial charge < -0.3 is 0 Å². The molecular weight excluding hydrogens is 403 g/mol. The summed E-state index contributed by atoms with van der Waals surface area (Å²) in [5.74, 6) is 8.04. The van der Waals surface area contributed by atoms with E-state index in [9.17, 15) is 4.39 Å². The number of hydrogen-bond acceptors (Lipinski definition) is 0. The number of hydrogen-bond donors (Lipinski definition) is 0. The van der Waals surface area contributed by atoms with Crippen LogP contribution in [-0.2, 0) is 6.42 Å². The first kappa shape index (κ1) is 23.3. The average molecular weight is 439 g/mol. The summed E-state index contributed by atoms with van der Waals surface area (Å²) in [5, 5.41) is 1.61. The second-order valence-corrected chi connectivity index (χ2v) is 9.53. The molecule has 0 bridgehead atoms. The highest BCUT2D eigenvalue weighted by molar-refractivity contribution is 5.85. The van der Waals surface area contributed by atoms with Crippen molar-refractivity contribution in [2.24, 2.45) is 5.92 Å². The molecule has 3 aromatic carbocycles. The Morgan fingerprint density at radius 2 is 1.67 bits per heavy atom. The van der Waals surface area contributed by atoms with Gasteiger partial charge in [0.05, 0.1) is 0 Å². The Kier molecular flexibility index (Phi) is 8.01. The van der Waals surface area contributed by atoms with Crippen molar-refractivity contribution in [1.82, 2.24) is 0 Å². The Hall–Kier alpha value is -2.85. The first-order valence-corrected chi connectivity index (χ1v) is 12.6. The third-order valence-corrected chi connectivity index (χ3v) is 7.19. The van der Waals surface area contributed by atoms with E-state index in [-0.39, 0.29) is 5.82 Å². The van der Waals surface area contributed by atoms with Crippen molar-refractivity contribution in [1.29, 1.82) is 0 Å². The average Bonchev–Trinajstić information content (AvgIpc) is 2.86. The molecule has 33 heavy (non-hydrogen) atoms. The standard InChI is InChI=1S/C32H35F/c1-3-5-7-24-11-16-27(17-12-24)28-18-13-25(14-19-28)9-10-26-15-22-31-30(23-26)21-20-29(32(31)33)8-6-4-2/h3,13-15,18-24,27H,1,4-8,11-12,16-17H2,2H3. The number of aryl methyl sites for hydroxylation is 1. The molecule has 1 saturated carbocycles. The van der Waals surface area contributed by atoms with Gasteiger partial charge in [0.1, 0.15) is 5.82 Å². The minimum absolute atomic E-state index is 0.0780. The van der Waals surface area contributed by atoms with Gasteiger partial charge in [0.15, 0.2) is 0 Å². The fourth-order valence-corrected chi connectivity index (χ4v) is 5.10. The molecule has 0 atom stereocenters. The van der Waals surface area contributed by atoms with Crippen molar-refractivity contribution in [2.75, 3.05) is 0 Å². The molecule has 0 unspecified atom stereocenters. The van der Waals surface area contributed by atoms with Crippen LogP contribution in [0.15, 0.2) is 67.3 Å². The van der Waals surface area contributed by atoms with Crippen molar-refractivity contribution in [2.45, 2.75) is 70.6 Å². The summed E-state index contributed by atoms with van der Waals surface area (Å²) in [4.78, 5) is 0. The van der Waals surface area contributed by atoms with E-state index in [2.05, 4.69) is 49.6 Å². The van der Waals surface area contributed by atoms with Gasteiger partial charge in [-0.3, -0.25) is 0 Å². The molecule has 4 rings (SSSR count). The van der Waals surface area contributed by atoms with Crippen LogP contribution >= 0.6 is 0 Å². The number of rotatable bonds is 7. The predicted molar refractivity (Wildman–Crippen MR) is 139 cm³/mol. The Bertz CT molecular complexity index is 1130. The normalized spacial score (nSPS) is 18.0. The van der Waals surface area contributed by atoms with E-state index in [0.29, 0.717) is 11.3 Å². The van der Waals surface area contributed by atoms with Gasteiger partial charge in [-0.05, 0) is 104 Å². The van der Waals surface area contributed by atoms with Crippen LogP contribution in [0, 0.1) is 23.6 Å². The quantitative estimate of drug-likeness (QED) is 0.255. The summed E-state index contributed by atoms with van der Waals surface area (Å²) in [7, 11) is 0. The molecule has 1 aliphatic rings. The van der Waals surface area contributed by atoms with Crippen LogP contribution in [0.2, 0.25) is 0 Å². The maximum atomic E-state index is 14.8. The molecule has 0 nitrogen and oxygen atoms in total. The summed E-state index contributed by atoms with van der Waals surface area (Å²) in [6, 6.07) is 18.6. The van der Waals surface area contributed by atoms with E-state index in [1.54, 1.807) is 0 Å². The van der Waals surface area contributed by atoms with Gasteiger partial charge in [-0.1, -0.05) is 61.6 Å². The van der Waals surface area contributed by atoms with Crippen LogP contribution < -0.4 is 0 Å². The zero-order valence-electron chi connectivity index (χ0n) is 19.9. The smallest absolute Gasteiger partial charge is 0.134 e. The van der Waals surface area contributed by atoms with Gasteiger partial charge in [0, 0.05) is 16.5 Å². The minimum atomic E-state index is -0.0780. The second-order valence-electron chi connectivity index (χ2n) is 9.53. The van der Waals surface area contributed by atoms with Gasteiger partial charge >= 0.3 is 0 Å². The van der Waals surface area contributed by atoms with Crippen molar-refractivity contribution in [3.63, 3.8) is 0 Å². The molecule has 170 valence electrons. The topological polar surface area (TPSA) is 0 Å². The lowest BCUT2D eigenvalue weighted by atomic mass is 9.77. The largest absolute Gasteiger partial charge is 0.206 e. The first-order valence-electron chi connectivity index (χ1n) is 12.6. The third kappa shape index (κ3) is 5.94. The van der Waals surface area contributed by atoms with Crippen LogP contribution in [0.3, 0.4) is 0 Å².